The molecule has 0 spiro atoms. The summed E-state index contributed by atoms with van der Waals surface area (Å²) in [6, 6.07) is 4.85. The molecule has 1 atom stereocenters. The zero-order chi connectivity index (χ0) is 21.6. The third kappa shape index (κ3) is 5.75. The van der Waals surface area contributed by atoms with Crippen molar-refractivity contribution in [3.8, 4) is 0 Å². The first-order valence-electron chi connectivity index (χ1n) is 8.30. The van der Waals surface area contributed by atoms with Gasteiger partial charge in [0.1, 0.15) is 11.6 Å². The normalized spacial score (nSPS) is 13.7. The average Bonchev–Trinajstić information content (AvgIpc) is 2.67. The summed E-state index contributed by atoms with van der Waals surface area (Å²) in [7, 11) is 1.45. The summed E-state index contributed by atoms with van der Waals surface area (Å²) >= 11 is 0. The highest BCUT2D eigenvalue weighted by molar-refractivity contribution is 6.07. The molecule has 1 amide bonds. The van der Waals surface area contributed by atoms with Crippen LogP contribution >= 0.6 is 0 Å². The Bertz CT molecular complexity index is 924. The van der Waals surface area contributed by atoms with E-state index in [0.717, 1.165) is 18.3 Å². The molecule has 11 heteroatoms. The first-order chi connectivity index (χ1) is 13.7. The molecule has 0 radical (unpaired) electrons. The molecule has 2 heterocycles. The van der Waals surface area contributed by atoms with E-state index in [1.165, 1.54) is 32.3 Å². The van der Waals surface area contributed by atoms with Crippen LogP contribution in [0.15, 0.2) is 53.5 Å². The minimum atomic E-state index is -4.48. The molecule has 0 aromatic carbocycles. The fraction of sp³-hybridized carbons (Fsp3) is 0.222. The minimum Gasteiger partial charge on any atom is -0.403 e. The van der Waals surface area contributed by atoms with E-state index in [4.69, 9.17) is 5.73 Å². The van der Waals surface area contributed by atoms with Crippen LogP contribution in [-0.4, -0.2) is 39.8 Å². The van der Waals surface area contributed by atoms with Gasteiger partial charge >= 0.3 is 6.18 Å². The van der Waals surface area contributed by atoms with E-state index in [1.807, 2.05) is 0 Å². The molecule has 154 valence electrons. The van der Waals surface area contributed by atoms with Gasteiger partial charge in [-0.1, -0.05) is 0 Å². The first kappa shape index (κ1) is 21.8. The summed E-state index contributed by atoms with van der Waals surface area (Å²) < 4.78 is 37.8. The molecule has 29 heavy (non-hydrogen) atoms. The molecule has 0 aliphatic heterocycles. The van der Waals surface area contributed by atoms with Crippen LogP contribution in [-0.2, 0) is 6.18 Å². The predicted molar refractivity (Wildman–Crippen MR) is 102 cm³/mol. The van der Waals surface area contributed by atoms with Crippen LogP contribution in [0.3, 0.4) is 0 Å². The molecular formula is C18H19F3N6O2. The van der Waals surface area contributed by atoms with Gasteiger partial charge in [0.2, 0.25) is 0 Å². The van der Waals surface area contributed by atoms with Gasteiger partial charge in [0.15, 0.2) is 0 Å². The Labute approximate surface area is 164 Å². The summed E-state index contributed by atoms with van der Waals surface area (Å²) in [6.45, 7) is 1.48. The number of amides is 1. The number of aromatic nitrogens is 2. The summed E-state index contributed by atoms with van der Waals surface area (Å²) in [4.78, 5) is 24.1. The van der Waals surface area contributed by atoms with Crippen molar-refractivity contribution in [2.24, 2.45) is 10.7 Å². The van der Waals surface area contributed by atoms with E-state index in [0.29, 0.717) is 6.20 Å². The standard InChI is InChI=1S/C18H19F3N6O2/c1-10(28)16(23-2)13(8-22)26-17(29)11-5-6-24-15(7-11)27-14-4-3-12(9-25-14)18(19,20)21/h3-10,28H,22H2,1-2H3,(H,26,29)(H,24,25,27). The Morgan fingerprint density at radius 3 is 2.52 bits per heavy atom. The Morgan fingerprint density at radius 1 is 1.28 bits per heavy atom. The third-order valence-electron chi connectivity index (χ3n) is 3.70. The largest absolute Gasteiger partial charge is 0.417 e. The van der Waals surface area contributed by atoms with Gasteiger partial charge in [0.05, 0.1) is 23.1 Å². The number of hydrogen-bond donors (Lipinski definition) is 4. The number of carbonyl (C=O) groups excluding carboxylic acids is 1. The summed E-state index contributed by atoms with van der Waals surface area (Å²) in [5, 5.41) is 15.0. The SMILES string of the molecule is CN=C(C(=CN)NC(=O)c1ccnc(Nc2ccc(C(F)(F)F)cn2)c1)C(C)O. The van der Waals surface area contributed by atoms with E-state index in [2.05, 4.69) is 25.6 Å². The number of rotatable bonds is 6. The van der Waals surface area contributed by atoms with Crippen LogP contribution in [0.4, 0.5) is 24.8 Å². The van der Waals surface area contributed by atoms with Crippen LogP contribution in [0.25, 0.3) is 0 Å². The topological polar surface area (TPSA) is 126 Å². The highest BCUT2D eigenvalue weighted by Crippen LogP contribution is 2.29. The van der Waals surface area contributed by atoms with Gasteiger partial charge in [-0.25, -0.2) is 9.97 Å². The number of anilines is 2. The van der Waals surface area contributed by atoms with Gasteiger partial charge in [0.25, 0.3) is 5.91 Å². The lowest BCUT2D eigenvalue weighted by molar-refractivity contribution is -0.137. The van der Waals surface area contributed by atoms with E-state index in [1.54, 1.807) is 0 Å². The molecule has 5 N–H and O–H groups in total. The van der Waals surface area contributed by atoms with Crippen molar-refractivity contribution < 1.29 is 23.1 Å². The number of carbonyl (C=O) groups is 1. The van der Waals surface area contributed by atoms with E-state index < -0.39 is 23.8 Å². The van der Waals surface area contributed by atoms with Crippen molar-refractivity contribution in [2.75, 3.05) is 12.4 Å². The lowest BCUT2D eigenvalue weighted by Crippen LogP contribution is -2.33. The summed E-state index contributed by atoms with van der Waals surface area (Å²) in [6.07, 6.45) is -2.28. The second-order valence-electron chi connectivity index (χ2n) is 5.80. The van der Waals surface area contributed by atoms with Crippen LogP contribution in [0, 0.1) is 0 Å². The predicted octanol–water partition coefficient (Wildman–Crippen LogP) is 2.22. The molecule has 1 unspecified atom stereocenters. The molecule has 2 rings (SSSR count). The Balaban J connectivity index is 2.15. The van der Waals surface area contributed by atoms with Crippen molar-refractivity contribution in [1.82, 2.24) is 15.3 Å². The average molecular weight is 408 g/mol. The highest BCUT2D eigenvalue weighted by Gasteiger charge is 2.30. The quantitative estimate of drug-likeness (QED) is 0.543. The molecule has 0 saturated carbocycles. The van der Waals surface area contributed by atoms with Gasteiger partial charge in [0, 0.05) is 31.2 Å². The maximum atomic E-state index is 12.6. The third-order valence-corrected chi connectivity index (χ3v) is 3.70. The second-order valence-corrected chi connectivity index (χ2v) is 5.80. The zero-order valence-corrected chi connectivity index (χ0v) is 15.5. The molecule has 0 aliphatic carbocycles. The maximum Gasteiger partial charge on any atom is 0.417 e. The van der Waals surface area contributed by atoms with E-state index >= 15 is 0 Å². The highest BCUT2D eigenvalue weighted by atomic mass is 19.4. The van der Waals surface area contributed by atoms with Crippen LogP contribution < -0.4 is 16.4 Å². The molecule has 8 nitrogen and oxygen atoms in total. The lowest BCUT2D eigenvalue weighted by atomic mass is 10.1. The Hall–Kier alpha value is -3.47. The monoisotopic (exact) mass is 408 g/mol. The number of halogens is 3. The number of nitrogens with zero attached hydrogens (tertiary/aromatic N) is 3. The minimum absolute atomic E-state index is 0.125. The number of alkyl halides is 3. The smallest absolute Gasteiger partial charge is 0.403 e. The van der Waals surface area contributed by atoms with Gasteiger partial charge in [-0.2, -0.15) is 13.2 Å². The number of nitrogens with two attached hydrogens (primary N) is 1. The number of pyridine rings is 2. The van der Waals surface area contributed by atoms with Crippen LogP contribution in [0.5, 0.6) is 0 Å². The maximum absolute atomic E-state index is 12.6. The van der Waals surface area contributed by atoms with Crippen molar-refractivity contribution in [3.05, 3.63) is 59.7 Å². The number of aliphatic imine (C=N–C) groups is 1. The summed E-state index contributed by atoms with van der Waals surface area (Å²) in [5.41, 5.74) is 5.16. The number of hydrogen-bond acceptors (Lipinski definition) is 7. The molecule has 0 bridgehead atoms. The lowest BCUT2D eigenvalue weighted by Gasteiger charge is -2.14. The first-order valence-corrected chi connectivity index (χ1v) is 8.30. The Morgan fingerprint density at radius 2 is 2.00 bits per heavy atom. The Kier molecular flexibility index (Phi) is 6.89. The van der Waals surface area contributed by atoms with Crippen LogP contribution in [0.1, 0.15) is 22.8 Å². The van der Waals surface area contributed by atoms with Gasteiger partial charge in [-0.3, -0.25) is 9.79 Å². The number of nitrogens with one attached hydrogen (secondary N) is 2. The molecule has 0 aliphatic rings. The van der Waals surface area contributed by atoms with Crippen molar-refractivity contribution in [3.63, 3.8) is 0 Å². The zero-order valence-electron chi connectivity index (χ0n) is 15.5. The number of aliphatic hydroxyl groups excluding tert-OH is 1. The summed E-state index contributed by atoms with van der Waals surface area (Å²) in [5.74, 6) is -0.225. The van der Waals surface area contributed by atoms with Gasteiger partial charge < -0.3 is 21.5 Å². The van der Waals surface area contributed by atoms with Gasteiger partial charge in [-0.15, -0.1) is 0 Å². The molecule has 2 aromatic heterocycles. The second kappa shape index (κ2) is 9.15. The van der Waals surface area contributed by atoms with E-state index in [-0.39, 0.29) is 28.6 Å². The fourth-order valence-corrected chi connectivity index (χ4v) is 2.32. The molecule has 2 aromatic rings. The number of aliphatic hydroxyl groups is 1. The van der Waals surface area contributed by atoms with Crippen LogP contribution in [0.2, 0.25) is 0 Å². The molecule has 0 fully saturated rings. The van der Waals surface area contributed by atoms with E-state index in [9.17, 15) is 23.1 Å². The van der Waals surface area contributed by atoms with Gasteiger partial charge in [-0.05, 0) is 31.2 Å². The van der Waals surface area contributed by atoms with Crippen molar-refractivity contribution >= 4 is 23.3 Å². The molecule has 0 saturated heterocycles. The van der Waals surface area contributed by atoms with Crippen molar-refractivity contribution in [1.29, 1.82) is 0 Å². The fourth-order valence-electron chi connectivity index (χ4n) is 2.32. The molecular weight excluding hydrogens is 389 g/mol. The van der Waals surface area contributed by atoms with Crippen molar-refractivity contribution in [2.45, 2.75) is 19.2 Å².